The van der Waals surface area contributed by atoms with E-state index in [4.69, 9.17) is 5.11 Å². The van der Waals surface area contributed by atoms with Crippen LogP contribution in [0.15, 0.2) is 29.2 Å². The number of carboxylic acids is 1. The van der Waals surface area contributed by atoms with Crippen LogP contribution >= 0.6 is 0 Å². The van der Waals surface area contributed by atoms with Crippen molar-refractivity contribution in [3.05, 3.63) is 30.1 Å². The summed E-state index contributed by atoms with van der Waals surface area (Å²) in [5.41, 5.74) is -0.257. The van der Waals surface area contributed by atoms with Gasteiger partial charge >= 0.3 is 5.97 Å². The van der Waals surface area contributed by atoms with Crippen molar-refractivity contribution in [2.45, 2.75) is 32.1 Å². The van der Waals surface area contributed by atoms with E-state index in [-0.39, 0.29) is 12.0 Å². The number of benzene rings is 1. The number of hydrogen-bond donors (Lipinski definition) is 2. The van der Waals surface area contributed by atoms with E-state index in [0.717, 1.165) is 12.1 Å². The maximum Gasteiger partial charge on any atom is 0.307 e. The number of hydrogen-bond acceptors (Lipinski definition) is 3. The van der Waals surface area contributed by atoms with E-state index in [1.165, 1.54) is 12.1 Å². The standard InChI is InChI=1S/C14H20FNO4S/c1-14(2,3)8-10(13(17)18)9-16-21(19,20)12-7-5-4-6-11(12)15/h4-7,10,16H,8-9H2,1-3H3,(H,17,18). The minimum atomic E-state index is -4.06. The van der Waals surface area contributed by atoms with Crippen LogP contribution in [0.2, 0.25) is 0 Å². The Kier molecular flexibility index (Phi) is 5.47. The molecule has 5 nitrogen and oxygen atoms in total. The third-order valence-electron chi connectivity index (χ3n) is 2.85. The van der Waals surface area contributed by atoms with E-state index in [9.17, 15) is 17.6 Å². The molecule has 0 bridgehead atoms. The number of sulfonamides is 1. The predicted octanol–water partition coefficient (Wildman–Crippen LogP) is 2.24. The molecular weight excluding hydrogens is 297 g/mol. The van der Waals surface area contributed by atoms with Gasteiger partial charge in [-0.3, -0.25) is 4.79 Å². The number of nitrogens with one attached hydrogen (secondary N) is 1. The molecule has 0 saturated heterocycles. The summed E-state index contributed by atoms with van der Waals surface area (Å²) >= 11 is 0. The summed E-state index contributed by atoms with van der Waals surface area (Å²) < 4.78 is 39.7. The van der Waals surface area contributed by atoms with Gasteiger partial charge in [0.05, 0.1) is 5.92 Å². The normalized spacial score (nSPS) is 13.9. The van der Waals surface area contributed by atoms with Crippen LogP contribution in [0.3, 0.4) is 0 Å². The number of carboxylic acid groups (broad SMARTS) is 1. The van der Waals surface area contributed by atoms with Crippen molar-refractivity contribution in [2.75, 3.05) is 6.54 Å². The first-order chi connectivity index (χ1) is 9.53. The van der Waals surface area contributed by atoms with Crippen LogP contribution in [0.4, 0.5) is 4.39 Å². The number of carbonyl (C=O) groups is 1. The van der Waals surface area contributed by atoms with E-state index >= 15 is 0 Å². The first kappa shape index (κ1) is 17.6. The van der Waals surface area contributed by atoms with Gasteiger partial charge in [-0.05, 0) is 24.0 Å². The number of rotatable bonds is 6. The highest BCUT2D eigenvalue weighted by Gasteiger charge is 2.27. The third kappa shape index (κ3) is 5.43. The smallest absolute Gasteiger partial charge is 0.307 e. The molecule has 0 aliphatic carbocycles. The predicted molar refractivity (Wildman–Crippen MR) is 76.8 cm³/mol. The van der Waals surface area contributed by atoms with E-state index in [1.807, 2.05) is 20.8 Å². The van der Waals surface area contributed by atoms with Crippen molar-refractivity contribution in [2.24, 2.45) is 11.3 Å². The van der Waals surface area contributed by atoms with Crippen LogP contribution in [0.1, 0.15) is 27.2 Å². The topological polar surface area (TPSA) is 83.5 Å². The highest BCUT2D eigenvalue weighted by atomic mass is 32.2. The summed E-state index contributed by atoms with van der Waals surface area (Å²) in [7, 11) is -4.06. The summed E-state index contributed by atoms with van der Waals surface area (Å²) in [5.74, 6) is -2.82. The van der Waals surface area contributed by atoms with E-state index in [0.29, 0.717) is 6.42 Å². The van der Waals surface area contributed by atoms with Crippen molar-refractivity contribution in [3.8, 4) is 0 Å². The average Bonchev–Trinajstić information content (AvgIpc) is 2.33. The van der Waals surface area contributed by atoms with Crippen molar-refractivity contribution in [3.63, 3.8) is 0 Å². The lowest BCUT2D eigenvalue weighted by atomic mass is 9.85. The first-order valence-electron chi connectivity index (χ1n) is 6.50. The third-order valence-corrected chi connectivity index (χ3v) is 4.31. The Balaban J connectivity index is 2.85. The Bertz CT molecular complexity index is 608. The molecule has 1 aromatic rings. The Morgan fingerprint density at radius 2 is 1.90 bits per heavy atom. The number of aliphatic carboxylic acids is 1. The number of halogens is 1. The lowest BCUT2D eigenvalue weighted by molar-refractivity contribution is -0.142. The highest BCUT2D eigenvalue weighted by molar-refractivity contribution is 7.89. The molecule has 1 rings (SSSR count). The van der Waals surface area contributed by atoms with Crippen LogP contribution < -0.4 is 4.72 Å². The molecule has 0 spiro atoms. The maximum atomic E-state index is 13.5. The summed E-state index contributed by atoms with van der Waals surface area (Å²) in [6.45, 7) is 5.33. The van der Waals surface area contributed by atoms with Crippen molar-refractivity contribution < 1.29 is 22.7 Å². The van der Waals surface area contributed by atoms with Gasteiger partial charge < -0.3 is 5.11 Å². The maximum absolute atomic E-state index is 13.5. The SMILES string of the molecule is CC(C)(C)CC(CNS(=O)(=O)c1ccccc1F)C(=O)O. The zero-order chi connectivity index (χ0) is 16.3. The van der Waals surface area contributed by atoms with Gasteiger partial charge in [-0.25, -0.2) is 17.5 Å². The fraction of sp³-hybridized carbons (Fsp3) is 0.500. The summed E-state index contributed by atoms with van der Waals surface area (Å²) in [5, 5.41) is 9.15. The van der Waals surface area contributed by atoms with Crippen LogP contribution in [-0.4, -0.2) is 26.0 Å². The Labute approximate surface area is 124 Å². The zero-order valence-electron chi connectivity index (χ0n) is 12.3. The van der Waals surface area contributed by atoms with Gasteiger partial charge in [0.25, 0.3) is 0 Å². The van der Waals surface area contributed by atoms with E-state index in [2.05, 4.69) is 4.72 Å². The summed E-state index contributed by atoms with van der Waals surface area (Å²) in [6, 6.07) is 4.96. The second-order valence-electron chi connectivity index (χ2n) is 6.08. The fourth-order valence-corrected chi connectivity index (χ4v) is 3.10. The van der Waals surface area contributed by atoms with Gasteiger partial charge in [-0.2, -0.15) is 0 Å². The largest absolute Gasteiger partial charge is 0.481 e. The summed E-state index contributed by atoms with van der Waals surface area (Å²) in [4.78, 5) is 10.7. The van der Waals surface area contributed by atoms with Gasteiger partial charge in [0.15, 0.2) is 0 Å². The molecule has 1 aromatic carbocycles. The Morgan fingerprint density at radius 1 is 1.33 bits per heavy atom. The molecule has 0 amide bonds. The van der Waals surface area contributed by atoms with Crippen LogP contribution in [0.5, 0.6) is 0 Å². The quantitative estimate of drug-likeness (QED) is 0.843. The molecule has 2 N–H and O–H groups in total. The Hall–Kier alpha value is -1.47. The highest BCUT2D eigenvalue weighted by Crippen LogP contribution is 2.24. The van der Waals surface area contributed by atoms with Gasteiger partial charge in [0.1, 0.15) is 10.7 Å². The average molecular weight is 317 g/mol. The molecule has 118 valence electrons. The van der Waals surface area contributed by atoms with E-state index < -0.39 is 32.6 Å². The van der Waals surface area contributed by atoms with Crippen molar-refractivity contribution >= 4 is 16.0 Å². The van der Waals surface area contributed by atoms with E-state index in [1.54, 1.807) is 0 Å². The zero-order valence-corrected chi connectivity index (χ0v) is 13.1. The minimum Gasteiger partial charge on any atom is -0.481 e. The fourth-order valence-electron chi connectivity index (χ4n) is 1.94. The van der Waals surface area contributed by atoms with Gasteiger partial charge in [-0.15, -0.1) is 0 Å². The molecule has 0 fully saturated rings. The minimum absolute atomic E-state index is 0.257. The molecule has 0 aliphatic heterocycles. The molecule has 21 heavy (non-hydrogen) atoms. The second kappa shape index (κ2) is 6.53. The molecule has 1 atom stereocenters. The summed E-state index contributed by atoms with van der Waals surface area (Å²) in [6.07, 6.45) is 0.308. The molecule has 0 radical (unpaired) electrons. The second-order valence-corrected chi connectivity index (χ2v) is 7.82. The van der Waals surface area contributed by atoms with Gasteiger partial charge in [0, 0.05) is 6.54 Å². The monoisotopic (exact) mass is 317 g/mol. The van der Waals surface area contributed by atoms with Crippen LogP contribution in [0, 0.1) is 17.2 Å². The van der Waals surface area contributed by atoms with Gasteiger partial charge in [0.2, 0.25) is 10.0 Å². The molecule has 7 heteroatoms. The van der Waals surface area contributed by atoms with Crippen LogP contribution in [0.25, 0.3) is 0 Å². The molecule has 0 saturated carbocycles. The van der Waals surface area contributed by atoms with Crippen molar-refractivity contribution in [1.82, 2.24) is 4.72 Å². The molecule has 0 aliphatic rings. The van der Waals surface area contributed by atoms with Crippen molar-refractivity contribution in [1.29, 1.82) is 0 Å². The van der Waals surface area contributed by atoms with Gasteiger partial charge in [-0.1, -0.05) is 32.9 Å². The first-order valence-corrected chi connectivity index (χ1v) is 7.98. The molecule has 0 aromatic heterocycles. The van der Waals surface area contributed by atoms with Crippen LogP contribution in [-0.2, 0) is 14.8 Å². The molecular formula is C14H20FNO4S. The lowest BCUT2D eigenvalue weighted by Crippen LogP contribution is -2.35. The Morgan fingerprint density at radius 3 is 2.38 bits per heavy atom. The molecule has 0 heterocycles. The lowest BCUT2D eigenvalue weighted by Gasteiger charge is -2.23. The molecule has 1 unspecified atom stereocenters.